The van der Waals surface area contributed by atoms with E-state index in [9.17, 15) is 9.59 Å². The third-order valence-electron chi connectivity index (χ3n) is 4.01. The molecule has 1 aliphatic rings. The van der Waals surface area contributed by atoms with Crippen LogP contribution in [0, 0.1) is 0 Å². The molecule has 0 saturated carbocycles. The van der Waals surface area contributed by atoms with Crippen molar-refractivity contribution in [2.45, 2.75) is 45.1 Å². The zero-order valence-electron chi connectivity index (χ0n) is 17.4. The van der Waals surface area contributed by atoms with Crippen LogP contribution >= 0.6 is 0 Å². The number of rotatable bonds is 6. The third kappa shape index (κ3) is 8.13. The molecule has 0 saturated heterocycles. The smallest absolute Gasteiger partial charge is 0.410 e. The molecule has 2 amide bonds. The van der Waals surface area contributed by atoms with Crippen molar-refractivity contribution in [3.63, 3.8) is 0 Å². The Morgan fingerprint density at radius 2 is 1.93 bits per heavy atom. The Morgan fingerprint density at radius 1 is 1.21 bits per heavy atom. The van der Waals surface area contributed by atoms with Gasteiger partial charge in [0.05, 0.1) is 6.04 Å². The predicted molar refractivity (Wildman–Crippen MR) is 107 cm³/mol. The number of methoxy groups -OCH3 is 1. The van der Waals surface area contributed by atoms with E-state index in [0.29, 0.717) is 6.54 Å². The number of nitrogens with zero attached hydrogens (tertiary/aromatic N) is 1. The minimum Gasteiger partial charge on any atom is -0.445 e. The molecule has 0 aliphatic carbocycles. The number of carbonyl (C=O) groups is 2. The van der Waals surface area contributed by atoms with Crippen molar-refractivity contribution >= 4 is 12.2 Å². The second kappa shape index (κ2) is 10.8. The van der Waals surface area contributed by atoms with Gasteiger partial charge < -0.3 is 29.2 Å². The SMILES string of the molecule is COCO[C@@H]1C=CCN(C(=O)OCc2ccccc2)C[C@H]1NC(=O)OC(C)(C)C. The Kier molecular flexibility index (Phi) is 8.48. The molecule has 1 aliphatic heterocycles. The monoisotopic (exact) mass is 406 g/mol. The first-order chi connectivity index (χ1) is 13.8. The van der Waals surface area contributed by atoms with Crippen molar-refractivity contribution in [3.05, 3.63) is 48.0 Å². The van der Waals surface area contributed by atoms with Gasteiger partial charge in [-0.2, -0.15) is 0 Å². The van der Waals surface area contributed by atoms with Gasteiger partial charge in [-0.3, -0.25) is 0 Å². The molecule has 0 bridgehead atoms. The van der Waals surface area contributed by atoms with E-state index in [-0.39, 0.29) is 19.9 Å². The summed E-state index contributed by atoms with van der Waals surface area (Å²) in [5, 5.41) is 2.79. The summed E-state index contributed by atoms with van der Waals surface area (Å²) in [4.78, 5) is 26.3. The minimum atomic E-state index is -0.637. The Balaban J connectivity index is 2.02. The van der Waals surface area contributed by atoms with Gasteiger partial charge >= 0.3 is 12.2 Å². The number of alkyl carbamates (subject to hydrolysis) is 1. The van der Waals surface area contributed by atoms with Gasteiger partial charge in [0.15, 0.2) is 0 Å². The van der Waals surface area contributed by atoms with E-state index in [1.54, 1.807) is 32.9 Å². The van der Waals surface area contributed by atoms with Crippen molar-refractivity contribution in [1.29, 1.82) is 0 Å². The maximum absolute atomic E-state index is 12.6. The number of hydrogen-bond acceptors (Lipinski definition) is 6. The van der Waals surface area contributed by atoms with Gasteiger partial charge in [-0.1, -0.05) is 42.5 Å². The lowest BCUT2D eigenvalue weighted by atomic mass is 10.1. The van der Waals surface area contributed by atoms with Gasteiger partial charge in [0.25, 0.3) is 0 Å². The van der Waals surface area contributed by atoms with Gasteiger partial charge in [-0.25, -0.2) is 9.59 Å². The lowest BCUT2D eigenvalue weighted by Crippen LogP contribution is -2.52. The molecule has 2 atom stereocenters. The second-order valence-corrected chi connectivity index (χ2v) is 7.66. The van der Waals surface area contributed by atoms with Crippen molar-refractivity contribution in [3.8, 4) is 0 Å². The van der Waals surface area contributed by atoms with E-state index in [1.165, 1.54) is 12.0 Å². The van der Waals surface area contributed by atoms with Crippen LogP contribution in [0.3, 0.4) is 0 Å². The first-order valence-corrected chi connectivity index (χ1v) is 9.51. The molecule has 1 aromatic carbocycles. The van der Waals surface area contributed by atoms with Crippen LogP contribution in [-0.2, 0) is 25.6 Å². The van der Waals surface area contributed by atoms with Gasteiger partial charge in [-0.05, 0) is 26.3 Å². The highest BCUT2D eigenvalue weighted by molar-refractivity contribution is 5.70. The lowest BCUT2D eigenvalue weighted by Gasteiger charge is -2.29. The number of amides is 2. The summed E-state index contributed by atoms with van der Waals surface area (Å²) in [6.07, 6.45) is 2.07. The standard InChI is InChI=1S/C21H30N2O6/c1-21(2,3)29-19(24)22-17-13-23(12-8-11-18(17)28-15-26-4)20(25)27-14-16-9-6-5-7-10-16/h5-11,17-18H,12-15H2,1-4H3,(H,22,24)/t17-,18-/m1/s1. The van der Waals surface area contributed by atoms with Crippen molar-refractivity contribution < 1.29 is 28.5 Å². The summed E-state index contributed by atoms with van der Waals surface area (Å²) in [7, 11) is 1.52. The fraction of sp³-hybridized carbons (Fsp3) is 0.524. The highest BCUT2D eigenvalue weighted by Crippen LogP contribution is 2.14. The predicted octanol–water partition coefficient (Wildman–Crippen LogP) is 3.08. The van der Waals surface area contributed by atoms with Gasteiger partial charge in [0, 0.05) is 20.2 Å². The van der Waals surface area contributed by atoms with Crippen LogP contribution < -0.4 is 5.32 Å². The van der Waals surface area contributed by atoms with E-state index < -0.39 is 29.9 Å². The van der Waals surface area contributed by atoms with Crippen molar-refractivity contribution in [1.82, 2.24) is 10.2 Å². The Bertz CT molecular complexity index is 686. The normalized spacial score (nSPS) is 19.4. The third-order valence-corrected chi connectivity index (χ3v) is 4.01. The summed E-state index contributed by atoms with van der Waals surface area (Å²) < 4.78 is 21.4. The van der Waals surface area contributed by atoms with E-state index >= 15 is 0 Å². The van der Waals surface area contributed by atoms with Crippen LogP contribution in [0.2, 0.25) is 0 Å². The fourth-order valence-corrected chi connectivity index (χ4v) is 2.74. The van der Waals surface area contributed by atoms with Crippen molar-refractivity contribution in [2.75, 3.05) is 27.0 Å². The number of nitrogens with one attached hydrogen (secondary N) is 1. The second-order valence-electron chi connectivity index (χ2n) is 7.66. The molecule has 8 nitrogen and oxygen atoms in total. The molecular weight excluding hydrogens is 376 g/mol. The van der Waals surface area contributed by atoms with Gasteiger partial charge in [0.2, 0.25) is 0 Å². The minimum absolute atomic E-state index is 0.0555. The number of benzene rings is 1. The first kappa shape index (κ1) is 22.7. The van der Waals surface area contributed by atoms with Gasteiger partial charge in [-0.15, -0.1) is 0 Å². The molecule has 0 unspecified atom stereocenters. The van der Waals surface area contributed by atoms with E-state index in [1.807, 2.05) is 30.3 Å². The van der Waals surface area contributed by atoms with Crippen LogP contribution in [-0.4, -0.2) is 61.8 Å². The number of carbonyl (C=O) groups excluding carboxylic acids is 2. The molecule has 29 heavy (non-hydrogen) atoms. The van der Waals surface area contributed by atoms with E-state index in [2.05, 4.69) is 5.32 Å². The summed E-state index contributed by atoms with van der Waals surface area (Å²) in [6, 6.07) is 8.92. The first-order valence-electron chi connectivity index (χ1n) is 9.51. The van der Waals surface area contributed by atoms with Crippen LogP contribution in [0.4, 0.5) is 9.59 Å². The maximum Gasteiger partial charge on any atom is 0.410 e. The Labute approximate surface area is 171 Å². The van der Waals surface area contributed by atoms with Crippen molar-refractivity contribution in [2.24, 2.45) is 0 Å². The number of ether oxygens (including phenoxy) is 4. The molecule has 0 spiro atoms. The van der Waals surface area contributed by atoms with Crippen LogP contribution in [0.25, 0.3) is 0 Å². The molecule has 2 rings (SSSR count). The summed E-state index contributed by atoms with van der Waals surface area (Å²) in [5.74, 6) is 0. The van der Waals surface area contributed by atoms with Gasteiger partial charge in [0.1, 0.15) is 25.1 Å². The van der Waals surface area contributed by atoms with Crippen LogP contribution in [0.5, 0.6) is 0 Å². The average molecular weight is 406 g/mol. The molecule has 1 heterocycles. The molecular formula is C21H30N2O6. The van der Waals surface area contributed by atoms with Crippen LogP contribution in [0.15, 0.2) is 42.5 Å². The molecule has 0 aromatic heterocycles. The highest BCUT2D eigenvalue weighted by atomic mass is 16.7. The molecule has 0 fully saturated rings. The quantitative estimate of drug-likeness (QED) is 0.577. The summed E-state index contributed by atoms with van der Waals surface area (Å²) >= 11 is 0. The fourth-order valence-electron chi connectivity index (χ4n) is 2.74. The molecule has 160 valence electrons. The Hall–Kier alpha value is -2.58. The highest BCUT2D eigenvalue weighted by Gasteiger charge is 2.31. The zero-order valence-corrected chi connectivity index (χ0v) is 17.4. The number of hydrogen-bond donors (Lipinski definition) is 1. The molecule has 1 N–H and O–H groups in total. The topological polar surface area (TPSA) is 86.3 Å². The lowest BCUT2D eigenvalue weighted by molar-refractivity contribution is -0.0676. The largest absolute Gasteiger partial charge is 0.445 e. The average Bonchev–Trinajstić information content (AvgIpc) is 2.86. The molecule has 1 aromatic rings. The summed E-state index contributed by atoms with van der Waals surface area (Å²) in [5.41, 5.74) is 0.262. The molecule has 8 heteroatoms. The zero-order chi connectivity index (χ0) is 21.3. The summed E-state index contributed by atoms with van der Waals surface area (Å²) in [6.45, 7) is 6.12. The molecule has 0 radical (unpaired) electrons. The van der Waals surface area contributed by atoms with E-state index in [4.69, 9.17) is 18.9 Å². The maximum atomic E-state index is 12.6. The van der Waals surface area contributed by atoms with E-state index in [0.717, 1.165) is 5.56 Å². The van der Waals surface area contributed by atoms with Crippen LogP contribution in [0.1, 0.15) is 26.3 Å². The Morgan fingerprint density at radius 3 is 2.59 bits per heavy atom.